The summed E-state index contributed by atoms with van der Waals surface area (Å²) >= 11 is 0. The van der Waals surface area contributed by atoms with E-state index in [4.69, 9.17) is 5.11 Å². The van der Waals surface area contributed by atoms with Crippen molar-refractivity contribution in [3.05, 3.63) is 12.0 Å². The number of hydrogen-bond acceptors (Lipinski definition) is 6. The number of nitrogens with zero attached hydrogens (tertiary/aromatic N) is 5. The minimum atomic E-state index is -2.47. The Balaban J connectivity index is 2.29. The van der Waals surface area contributed by atoms with Gasteiger partial charge in [0.2, 0.25) is 0 Å². The van der Waals surface area contributed by atoms with Crippen LogP contribution in [0.3, 0.4) is 0 Å². The Morgan fingerprint density at radius 3 is 2.81 bits per heavy atom. The van der Waals surface area contributed by atoms with Gasteiger partial charge in [0.1, 0.15) is 11.6 Å². The van der Waals surface area contributed by atoms with Crippen molar-refractivity contribution >= 4 is 16.9 Å². The summed E-state index contributed by atoms with van der Waals surface area (Å²) in [6.07, 6.45) is -0.823. The molecule has 0 bridgehead atoms. The first-order chi connectivity index (χ1) is 10.0. The van der Waals surface area contributed by atoms with Crippen LogP contribution in [-0.2, 0) is 13.6 Å². The molecule has 2 N–H and O–H groups in total. The van der Waals surface area contributed by atoms with Crippen molar-refractivity contribution in [3.8, 4) is 0 Å². The van der Waals surface area contributed by atoms with Gasteiger partial charge >= 0.3 is 0 Å². The molecule has 2 aromatic heterocycles. The van der Waals surface area contributed by atoms with Crippen LogP contribution >= 0.6 is 0 Å². The zero-order chi connectivity index (χ0) is 15.4. The third-order valence-corrected chi connectivity index (χ3v) is 3.05. The fourth-order valence-corrected chi connectivity index (χ4v) is 2.10. The number of hydrogen-bond donors (Lipinski definition) is 2. The average Bonchev–Trinajstić information content (AvgIpc) is 2.79. The molecule has 0 aliphatic rings. The van der Waals surface area contributed by atoms with E-state index < -0.39 is 13.0 Å². The van der Waals surface area contributed by atoms with Gasteiger partial charge in [0, 0.05) is 20.6 Å². The molecule has 0 aliphatic heterocycles. The van der Waals surface area contributed by atoms with Crippen molar-refractivity contribution in [1.82, 2.24) is 24.6 Å². The zero-order valence-corrected chi connectivity index (χ0v) is 11.9. The van der Waals surface area contributed by atoms with Crippen molar-refractivity contribution in [2.45, 2.75) is 13.0 Å². The van der Waals surface area contributed by atoms with E-state index in [2.05, 4.69) is 20.4 Å². The number of aryl methyl sites for hydroxylation is 1. The number of aliphatic hydroxyl groups is 1. The molecule has 7 nitrogen and oxygen atoms in total. The van der Waals surface area contributed by atoms with E-state index in [0.29, 0.717) is 17.3 Å². The van der Waals surface area contributed by atoms with Gasteiger partial charge in [-0.3, -0.25) is 9.58 Å². The molecular weight excluding hydrogens is 282 g/mol. The third-order valence-electron chi connectivity index (χ3n) is 3.05. The molecule has 0 aromatic carbocycles. The van der Waals surface area contributed by atoms with Crippen LogP contribution in [0.4, 0.5) is 14.6 Å². The number of halogens is 2. The van der Waals surface area contributed by atoms with E-state index in [0.717, 1.165) is 5.39 Å². The maximum atomic E-state index is 12.5. The fraction of sp³-hybridized carbons (Fsp3) is 0.583. The summed E-state index contributed by atoms with van der Waals surface area (Å²) in [6.45, 7) is -0.339. The second-order valence-corrected chi connectivity index (χ2v) is 4.59. The highest BCUT2D eigenvalue weighted by Crippen LogP contribution is 2.19. The number of aromatic nitrogens is 4. The topological polar surface area (TPSA) is 79.1 Å². The third kappa shape index (κ3) is 3.61. The van der Waals surface area contributed by atoms with E-state index >= 15 is 0 Å². The molecule has 21 heavy (non-hydrogen) atoms. The molecule has 0 radical (unpaired) electrons. The zero-order valence-electron chi connectivity index (χ0n) is 11.9. The second kappa shape index (κ2) is 6.72. The van der Waals surface area contributed by atoms with Gasteiger partial charge in [0.05, 0.1) is 31.3 Å². The molecule has 0 unspecified atom stereocenters. The second-order valence-electron chi connectivity index (χ2n) is 4.59. The van der Waals surface area contributed by atoms with Gasteiger partial charge in [-0.1, -0.05) is 0 Å². The van der Waals surface area contributed by atoms with Crippen molar-refractivity contribution in [3.63, 3.8) is 0 Å². The van der Waals surface area contributed by atoms with Crippen LogP contribution in [0.15, 0.2) is 6.20 Å². The standard InChI is InChI=1S/C12H18F2N6O/c1-15-11-8-5-16-19(2)12(8)18-10(17-11)7-20(3-4-21)6-9(13)14/h5,9,21H,3-4,6-7H2,1-2H3,(H,15,17,18). The molecule has 0 saturated heterocycles. The molecule has 9 heteroatoms. The molecule has 2 rings (SSSR count). The van der Waals surface area contributed by atoms with Gasteiger partial charge in [0.15, 0.2) is 5.65 Å². The molecule has 116 valence electrons. The highest BCUT2D eigenvalue weighted by molar-refractivity contribution is 5.86. The maximum Gasteiger partial charge on any atom is 0.251 e. The lowest BCUT2D eigenvalue weighted by Gasteiger charge is -2.20. The largest absolute Gasteiger partial charge is 0.395 e. The van der Waals surface area contributed by atoms with Crippen LogP contribution in [0.25, 0.3) is 11.0 Å². The van der Waals surface area contributed by atoms with Crippen LogP contribution in [0.2, 0.25) is 0 Å². The van der Waals surface area contributed by atoms with Gasteiger partial charge in [-0.15, -0.1) is 0 Å². The van der Waals surface area contributed by atoms with Gasteiger partial charge in [-0.25, -0.2) is 18.7 Å². The fourth-order valence-electron chi connectivity index (χ4n) is 2.10. The minimum absolute atomic E-state index is 0.140. The quantitative estimate of drug-likeness (QED) is 0.773. The Morgan fingerprint density at radius 2 is 2.19 bits per heavy atom. The minimum Gasteiger partial charge on any atom is -0.395 e. The SMILES string of the molecule is CNc1nc(CN(CCO)CC(F)F)nc2c1cnn2C. The van der Waals surface area contributed by atoms with Gasteiger partial charge in [0.25, 0.3) is 6.43 Å². The number of alkyl halides is 2. The lowest BCUT2D eigenvalue weighted by atomic mass is 10.3. The van der Waals surface area contributed by atoms with Crippen LogP contribution in [-0.4, -0.2) is 62.9 Å². The van der Waals surface area contributed by atoms with E-state index in [1.807, 2.05) is 0 Å². The Morgan fingerprint density at radius 1 is 1.43 bits per heavy atom. The van der Waals surface area contributed by atoms with Crippen LogP contribution < -0.4 is 5.32 Å². The predicted molar refractivity (Wildman–Crippen MR) is 74.2 cm³/mol. The first kappa shape index (κ1) is 15.5. The lowest BCUT2D eigenvalue weighted by molar-refractivity contribution is 0.0734. The van der Waals surface area contributed by atoms with Gasteiger partial charge in [-0.05, 0) is 0 Å². The monoisotopic (exact) mass is 300 g/mol. The Labute approximate surface area is 120 Å². The summed E-state index contributed by atoms with van der Waals surface area (Å²) in [5.41, 5.74) is 0.630. The van der Waals surface area contributed by atoms with E-state index in [9.17, 15) is 8.78 Å². The molecule has 0 aliphatic carbocycles. The van der Waals surface area contributed by atoms with Crippen molar-refractivity contribution in [2.24, 2.45) is 7.05 Å². The van der Waals surface area contributed by atoms with Crippen LogP contribution in [0.1, 0.15) is 5.82 Å². The predicted octanol–water partition coefficient (Wildman–Crippen LogP) is 0.464. The number of anilines is 1. The molecule has 0 fully saturated rings. The molecule has 0 saturated carbocycles. The highest BCUT2D eigenvalue weighted by Gasteiger charge is 2.16. The molecule has 2 aromatic rings. The first-order valence-electron chi connectivity index (χ1n) is 6.53. The summed E-state index contributed by atoms with van der Waals surface area (Å²) in [6, 6.07) is 0. The molecular formula is C12H18F2N6O. The Kier molecular flexibility index (Phi) is 4.97. The summed E-state index contributed by atoms with van der Waals surface area (Å²) in [7, 11) is 3.48. The first-order valence-corrected chi connectivity index (χ1v) is 6.53. The maximum absolute atomic E-state index is 12.5. The summed E-state index contributed by atoms with van der Waals surface area (Å²) in [5.74, 6) is 1.01. The van der Waals surface area contributed by atoms with Crippen molar-refractivity contribution in [1.29, 1.82) is 0 Å². The molecule has 0 amide bonds. The Bertz CT molecular complexity index is 603. The van der Waals surface area contributed by atoms with Gasteiger partial charge < -0.3 is 10.4 Å². The van der Waals surface area contributed by atoms with Crippen molar-refractivity contribution < 1.29 is 13.9 Å². The van der Waals surface area contributed by atoms with Crippen molar-refractivity contribution in [2.75, 3.05) is 32.1 Å². The summed E-state index contributed by atoms with van der Waals surface area (Å²) in [4.78, 5) is 10.1. The number of rotatable bonds is 7. The smallest absolute Gasteiger partial charge is 0.251 e. The summed E-state index contributed by atoms with van der Waals surface area (Å²) in [5, 5.41) is 16.8. The number of fused-ring (bicyclic) bond motifs is 1. The van der Waals surface area contributed by atoms with E-state index in [1.54, 1.807) is 25.0 Å². The molecule has 0 atom stereocenters. The molecule has 2 heterocycles. The van der Waals surface area contributed by atoms with Crippen LogP contribution in [0.5, 0.6) is 0 Å². The average molecular weight is 300 g/mol. The van der Waals surface area contributed by atoms with Gasteiger partial charge in [-0.2, -0.15) is 5.10 Å². The summed E-state index contributed by atoms with van der Waals surface area (Å²) < 4.78 is 26.7. The number of nitrogens with one attached hydrogen (secondary N) is 1. The number of aliphatic hydroxyl groups excluding tert-OH is 1. The lowest BCUT2D eigenvalue weighted by Crippen LogP contribution is -2.32. The van der Waals surface area contributed by atoms with E-state index in [-0.39, 0.29) is 19.7 Å². The highest BCUT2D eigenvalue weighted by atomic mass is 19.3. The molecule has 0 spiro atoms. The van der Waals surface area contributed by atoms with E-state index in [1.165, 1.54) is 4.90 Å². The normalized spacial score (nSPS) is 11.8. The Hall–Kier alpha value is -1.87. The van der Waals surface area contributed by atoms with Crippen LogP contribution in [0, 0.1) is 0 Å².